The van der Waals surface area contributed by atoms with Gasteiger partial charge >= 0.3 is 5.97 Å². The highest BCUT2D eigenvalue weighted by Crippen LogP contribution is 2.02. The van der Waals surface area contributed by atoms with Crippen LogP contribution in [0.3, 0.4) is 0 Å². The number of likely N-dealkylation sites (N-methyl/N-ethyl adjacent to an activating group) is 1. The standard InChI is InChI=1S/C12H18N2O2.C2H6/c1-13(10-14(2)9-12(15)16)8-11-6-4-3-5-7-11;1-2/h3-7H,8-10H2,1-2H3,(H,15,16);1-2H3. The average Bonchev–Trinajstić information content (AvgIpc) is 2.31. The molecule has 0 aromatic heterocycles. The minimum atomic E-state index is -0.796. The van der Waals surface area contributed by atoms with Crippen LogP contribution >= 0.6 is 0 Å². The summed E-state index contributed by atoms with van der Waals surface area (Å²) in [6.45, 7) is 5.53. The van der Waals surface area contributed by atoms with Gasteiger partial charge in [-0.1, -0.05) is 44.2 Å². The van der Waals surface area contributed by atoms with Crippen LogP contribution in [0.1, 0.15) is 19.4 Å². The zero-order valence-corrected chi connectivity index (χ0v) is 11.8. The molecule has 0 spiro atoms. The molecule has 0 amide bonds. The second kappa shape index (κ2) is 9.62. The van der Waals surface area contributed by atoms with Gasteiger partial charge < -0.3 is 5.11 Å². The topological polar surface area (TPSA) is 43.8 Å². The van der Waals surface area contributed by atoms with Crippen LogP contribution in [0.15, 0.2) is 30.3 Å². The monoisotopic (exact) mass is 252 g/mol. The molecule has 0 saturated carbocycles. The van der Waals surface area contributed by atoms with E-state index in [9.17, 15) is 4.79 Å². The summed E-state index contributed by atoms with van der Waals surface area (Å²) in [6.07, 6.45) is 0. The van der Waals surface area contributed by atoms with Crippen molar-refractivity contribution in [2.75, 3.05) is 27.3 Å². The zero-order valence-electron chi connectivity index (χ0n) is 11.8. The lowest BCUT2D eigenvalue weighted by Gasteiger charge is -2.23. The van der Waals surface area contributed by atoms with E-state index in [-0.39, 0.29) is 6.54 Å². The summed E-state index contributed by atoms with van der Waals surface area (Å²) < 4.78 is 0. The molecule has 0 aliphatic rings. The van der Waals surface area contributed by atoms with Crippen LogP contribution in [-0.4, -0.2) is 48.2 Å². The Kier molecular flexibility index (Phi) is 8.88. The molecule has 1 aromatic carbocycles. The lowest BCUT2D eigenvalue weighted by atomic mass is 10.2. The van der Waals surface area contributed by atoms with Crippen LogP contribution in [0.2, 0.25) is 0 Å². The molecule has 1 rings (SSSR count). The summed E-state index contributed by atoms with van der Waals surface area (Å²) in [6, 6.07) is 10.1. The molecule has 18 heavy (non-hydrogen) atoms. The maximum Gasteiger partial charge on any atom is 0.317 e. The van der Waals surface area contributed by atoms with Crippen LogP contribution in [0, 0.1) is 0 Å². The SMILES string of the molecule is CC.CN(CC(=O)O)CN(C)Cc1ccccc1. The largest absolute Gasteiger partial charge is 0.480 e. The molecule has 0 aliphatic heterocycles. The first-order chi connectivity index (χ1) is 8.58. The summed E-state index contributed by atoms with van der Waals surface area (Å²) in [5, 5.41) is 8.63. The Balaban J connectivity index is 0.00000137. The number of hydrogen-bond acceptors (Lipinski definition) is 3. The smallest absolute Gasteiger partial charge is 0.317 e. The van der Waals surface area contributed by atoms with Crippen molar-refractivity contribution >= 4 is 5.97 Å². The van der Waals surface area contributed by atoms with Gasteiger partial charge in [0, 0.05) is 6.54 Å². The molecule has 0 atom stereocenters. The van der Waals surface area contributed by atoms with Crippen LogP contribution < -0.4 is 0 Å². The Hall–Kier alpha value is -1.39. The summed E-state index contributed by atoms with van der Waals surface area (Å²) in [5.41, 5.74) is 1.23. The first-order valence-corrected chi connectivity index (χ1v) is 6.20. The van der Waals surface area contributed by atoms with Gasteiger partial charge in [0.15, 0.2) is 0 Å². The third-order valence-electron chi connectivity index (χ3n) is 2.18. The number of aliphatic carboxylic acids is 1. The molecular formula is C14H24N2O2. The van der Waals surface area contributed by atoms with Crippen molar-refractivity contribution in [3.63, 3.8) is 0 Å². The minimum Gasteiger partial charge on any atom is -0.480 e. The fraction of sp³-hybridized carbons (Fsp3) is 0.500. The Morgan fingerprint density at radius 3 is 2.17 bits per heavy atom. The number of rotatable bonds is 6. The van der Waals surface area contributed by atoms with E-state index in [1.165, 1.54) is 5.56 Å². The third kappa shape index (κ3) is 7.81. The lowest BCUT2D eigenvalue weighted by molar-refractivity contribution is -0.138. The fourth-order valence-electron chi connectivity index (χ4n) is 1.64. The third-order valence-corrected chi connectivity index (χ3v) is 2.18. The number of benzene rings is 1. The van der Waals surface area contributed by atoms with Crippen LogP contribution in [-0.2, 0) is 11.3 Å². The summed E-state index contributed by atoms with van der Waals surface area (Å²) >= 11 is 0. The van der Waals surface area contributed by atoms with Gasteiger partial charge in [0.05, 0.1) is 13.2 Å². The Bertz CT molecular complexity index is 328. The van der Waals surface area contributed by atoms with Gasteiger partial charge in [-0.25, -0.2) is 0 Å². The lowest BCUT2D eigenvalue weighted by Crippen LogP contribution is -2.35. The maximum absolute atomic E-state index is 10.5. The Morgan fingerprint density at radius 1 is 1.11 bits per heavy atom. The van der Waals surface area contributed by atoms with Crippen LogP contribution in [0.4, 0.5) is 0 Å². The van der Waals surface area contributed by atoms with Gasteiger partial charge in [-0.3, -0.25) is 14.6 Å². The molecule has 102 valence electrons. The summed E-state index contributed by atoms with van der Waals surface area (Å²) in [5.74, 6) is -0.796. The number of carboxylic acids is 1. The van der Waals surface area contributed by atoms with Gasteiger partial charge in [-0.2, -0.15) is 0 Å². The molecule has 0 radical (unpaired) electrons. The molecule has 1 aromatic rings. The predicted octanol–water partition coefficient (Wildman–Crippen LogP) is 2.12. The van der Waals surface area contributed by atoms with E-state index < -0.39 is 5.97 Å². The van der Waals surface area contributed by atoms with E-state index in [2.05, 4.69) is 17.0 Å². The van der Waals surface area contributed by atoms with Crippen molar-refractivity contribution in [1.29, 1.82) is 0 Å². The van der Waals surface area contributed by atoms with E-state index in [0.29, 0.717) is 6.67 Å². The van der Waals surface area contributed by atoms with Gasteiger partial charge in [0.25, 0.3) is 0 Å². The molecule has 0 fully saturated rings. The molecule has 4 nitrogen and oxygen atoms in total. The van der Waals surface area contributed by atoms with Crippen LogP contribution in [0.25, 0.3) is 0 Å². The molecular weight excluding hydrogens is 228 g/mol. The number of nitrogens with zero attached hydrogens (tertiary/aromatic N) is 2. The molecule has 1 N–H and O–H groups in total. The molecule has 0 unspecified atom stereocenters. The normalized spacial score (nSPS) is 10.1. The van der Waals surface area contributed by atoms with Crippen molar-refractivity contribution in [3.8, 4) is 0 Å². The minimum absolute atomic E-state index is 0.0686. The van der Waals surface area contributed by atoms with Crippen molar-refractivity contribution < 1.29 is 9.90 Å². The molecule has 0 saturated heterocycles. The van der Waals surface area contributed by atoms with E-state index in [4.69, 9.17) is 5.11 Å². The fourth-order valence-corrected chi connectivity index (χ4v) is 1.64. The van der Waals surface area contributed by atoms with Gasteiger partial charge in [-0.15, -0.1) is 0 Å². The first kappa shape index (κ1) is 16.6. The highest BCUT2D eigenvalue weighted by atomic mass is 16.4. The maximum atomic E-state index is 10.5. The van der Waals surface area contributed by atoms with Gasteiger partial charge in [-0.05, 0) is 19.7 Å². The van der Waals surface area contributed by atoms with Crippen molar-refractivity contribution in [1.82, 2.24) is 9.80 Å². The van der Waals surface area contributed by atoms with E-state index in [1.807, 2.05) is 39.1 Å². The highest BCUT2D eigenvalue weighted by molar-refractivity contribution is 5.68. The summed E-state index contributed by atoms with van der Waals surface area (Å²) in [4.78, 5) is 14.3. The average molecular weight is 252 g/mol. The first-order valence-electron chi connectivity index (χ1n) is 6.20. The van der Waals surface area contributed by atoms with Gasteiger partial charge in [0.1, 0.15) is 0 Å². The van der Waals surface area contributed by atoms with Gasteiger partial charge in [0.2, 0.25) is 0 Å². The molecule has 0 aliphatic carbocycles. The quantitative estimate of drug-likeness (QED) is 0.788. The van der Waals surface area contributed by atoms with E-state index in [1.54, 1.807) is 11.9 Å². The number of hydrogen-bond donors (Lipinski definition) is 1. The van der Waals surface area contributed by atoms with E-state index >= 15 is 0 Å². The highest BCUT2D eigenvalue weighted by Gasteiger charge is 2.07. The zero-order chi connectivity index (χ0) is 14.0. The number of carboxylic acid groups (broad SMARTS) is 1. The van der Waals surface area contributed by atoms with Crippen molar-refractivity contribution in [2.45, 2.75) is 20.4 Å². The Morgan fingerprint density at radius 2 is 1.67 bits per heavy atom. The Labute approximate surface area is 110 Å². The summed E-state index contributed by atoms with van der Waals surface area (Å²) in [7, 11) is 3.78. The second-order valence-corrected chi connectivity index (χ2v) is 4.05. The molecule has 0 heterocycles. The molecule has 4 heteroatoms. The van der Waals surface area contributed by atoms with Crippen molar-refractivity contribution in [3.05, 3.63) is 35.9 Å². The van der Waals surface area contributed by atoms with Crippen LogP contribution in [0.5, 0.6) is 0 Å². The predicted molar refractivity (Wildman–Crippen MR) is 74.4 cm³/mol. The van der Waals surface area contributed by atoms with E-state index in [0.717, 1.165) is 6.54 Å². The van der Waals surface area contributed by atoms with Crippen molar-refractivity contribution in [2.24, 2.45) is 0 Å². The second-order valence-electron chi connectivity index (χ2n) is 4.05. The number of carbonyl (C=O) groups is 1. The molecule has 0 bridgehead atoms.